The number of morpholine rings is 1. The van der Waals surface area contributed by atoms with Crippen molar-refractivity contribution in [1.29, 1.82) is 0 Å². The van der Waals surface area contributed by atoms with Gasteiger partial charge in [0.2, 0.25) is 0 Å². The first-order chi connectivity index (χ1) is 24.2. The van der Waals surface area contributed by atoms with Gasteiger partial charge < -0.3 is 18.9 Å². The topological polar surface area (TPSA) is 90.6 Å². The van der Waals surface area contributed by atoms with E-state index in [4.69, 9.17) is 14.6 Å². The molecule has 1 aliphatic carbocycles. The summed E-state index contributed by atoms with van der Waals surface area (Å²) in [5.41, 5.74) is 9.53. The van der Waals surface area contributed by atoms with Crippen LogP contribution < -0.4 is 9.46 Å². The number of fused-ring (bicyclic) bond motifs is 5. The maximum Gasteiger partial charge on any atom is 0.261 e. The molecule has 0 unspecified atom stereocenters. The Balaban J connectivity index is 0.00000212. The van der Waals surface area contributed by atoms with E-state index in [-0.39, 0.29) is 17.1 Å². The lowest BCUT2D eigenvalue weighted by atomic mass is 9.81. The predicted octanol–water partition coefficient (Wildman–Crippen LogP) is 8.25. The molecule has 2 fully saturated rings. The Morgan fingerprint density at radius 2 is 1.76 bits per heavy atom. The van der Waals surface area contributed by atoms with Crippen molar-refractivity contribution in [2.75, 3.05) is 33.4 Å². The van der Waals surface area contributed by atoms with Gasteiger partial charge in [0.1, 0.15) is 5.75 Å². The first kappa shape index (κ1) is 35.8. The molecule has 266 valence electrons. The van der Waals surface area contributed by atoms with E-state index in [9.17, 15) is 9.59 Å². The molecule has 1 N–H and O–H groups in total. The summed E-state index contributed by atoms with van der Waals surface area (Å²) in [5.74, 6) is 1.08. The average molecular weight is 698 g/mol. The van der Waals surface area contributed by atoms with Crippen LogP contribution in [-0.2, 0) is 18.3 Å². The van der Waals surface area contributed by atoms with Gasteiger partial charge in [0.15, 0.2) is 0 Å². The molecule has 50 heavy (non-hydrogen) atoms. The number of aryl methyl sites for hydroxylation is 2. The van der Waals surface area contributed by atoms with Gasteiger partial charge in [-0.25, -0.2) is 0 Å². The zero-order valence-electron chi connectivity index (χ0n) is 30.6. The SMILES string of the molecule is CC.COc1ccc2c(c1)C=C(c1c(C(=O)N3CCOCC3)c(C)nn1C)Cn1c-2c(C2CCCCC2)c2ccc(C(=O)NSC(C)C)cc21. The molecule has 0 spiro atoms. The molecule has 2 aromatic carbocycles. The zero-order valence-corrected chi connectivity index (χ0v) is 31.4. The second-order valence-electron chi connectivity index (χ2n) is 13.5. The van der Waals surface area contributed by atoms with E-state index < -0.39 is 0 Å². The maximum absolute atomic E-state index is 14.1. The van der Waals surface area contributed by atoms with E-state index in [0.717, 1.165) is 46.5 Å². The summed E-state index contributed by atoms with van der Waals surface area (Å²) in [5, 5.41) is 6.27. The fourth-order valence-corrected chi connectivity index (χ4v) is 8.22. The Morgan fingerprint density at radius 1 is 1.02 bits per heavy atom. The molecule has 0 atom stereocenters. The van der Waals surface area contributed by atoms with Crippen LogP contribution >= 0.6 is 11.9 Å². The summed E-state index contributed by atoms with van der Waals surface area (Å²) in [6, 6.07) is 12.5. The average Bonchev–Trinajstić information content (AvgIpc) is 3.56. The third-order valence-electron chi connectivity index (χ3n) is 9.98. The van der Waals surface area contributed by atoms with Crippen LogP contribution in [0.2, 0.25) is 0 Å². The van der Waals surface area contributed by atoms with Gasteiger partial charge in [-0.2, -0.15) is 5.10 Å². The number of methoxy groups -OCH3 is 1. The number of carbonyl (C=O) groups is 2. The van der Waals surface area contributed by atoms with Gasteiger partial charge in [0.05, 0.1) is 49.5 Å². The first-order valence-corrected chi connectivity index (χ1v) is 19.0. The number of allylic oxidation sites excluding steroid dienone is 1. The Morgan fingerprint density at radius 3 is 2.46 bits per heavy atom. The summed E-state index contributed by atoms with van der Waals surface area (Å²) >= 11 is 1.43. The van der Waals surface area contributed by atoms with Crippen molar-refractivity contribution in [2.45, 2.75) is 84.4 Å². The largest absolute Gasteiger partial charge is 0.497 e. The lowest BCUT2D eigenvalue weighted by Gasteiger charge is -2.27. The Kier molecular flexibility index (Phi) is 11.1. The van der Waals surface area contributed by atoms with Gasteiger partial charge in [-0.3, -0.25) is 19.0 Å². The van der Waals surface area contributed by atoms with Crippen molar-refractivity contribution < 1.29 is 19.1 Å². The van der Waals surface area contributed by atoms with Crippen LogP contribution in [-0.4, -0.2) is 69.7 Å². The maximum atomic E-state index is 14.1. The molecule has 7 rings (SSSR count). The molecule has 0 bridgehead atoms. The van der Waals surface area contributed by atoms with E-state index >= 15 is 0 Å². The van der Waals surface area contributed by atoms with Crippen LogP contribution in [0.15, 0.2) is 36.4 Å². The quantitative estimate of drug-likeness (QED) is 0.196. The lowest BCUT2D eigenvalue weighted by Crippen LogP contribution is -2.41. The Labute approximate surface area is 300 Å². The van der Waals surface area contributed by atoms with Crippen LogP contribution in [0.3, 0.4) is 0 Å². The summed E-state index contributed by atoms with van der Waals surface area (Å²) in [6.45, 7) is 12.7. The highest BCUT2D eigenvalue weighted by molar-refractivity contribution is 7.98. The van der Waals surface area contributed by atoms with Gasteiger partial charge in [0.25, 0.3) is 11.8 Å². The second-order valence-corrected chi connectivity index (χ2v) is 14.9. The Hall–Kier alpha value is -4.02. The summed E-state index contributed by atoms with van der Waals surface area (Å²) in [4.78, 5) is 29.4. The van der Waals surface area contributed by atoms with Gasteiger partial charge in [-0.05, 0) is 90.7 Å². The number of nitrogens with one attached hydrogen (secondary N) is 1. The predicted molar refractivity (Wildman–Crippen MR) is 204 cm³/mol. The summed E-state index contributed by atoms with van der Waals surface area (Å²) < 4.78 is 18.6. The van der Waals surface area contributed by atoms with Gasteiger partial charge >= 0.3 is 0 Å². The second kappa shape index (κ2) is 15.5. The third kappa shape index (κ3) is 6.84. The van der Waals surface area contributed by atoms with Crippen molar-refractivity contribution in [3.63, 3.8) is 0 Å². The van der Waals surface area contributed by atoms with Crippen molar-refractivity contribution in [1.82, 2.24) is 24.0 Å². The minimum Gasteiger partial charge on any atom is -0.497 e. The normalized spacial score (nSPS) is 16.2. The number of hydrogen-bond donors (Lipinski definition) is 1. The fraction of sp³-hybridized carbons (Fsp3) is 0.475. The van der Waals surface area contributed by atoms with Crippen LogP contribution in [0.5, 0.6) is 5.75 Å². The fourth-order valence-electron chi connectivity index (χ4n) is 7.76. The number of amides is 2. The highest BCUT2D eigenvalue weighted by atomic mass is 32.2. The van der Waals surface area contributed by atoms with Crippen LogP contribution in [0.25, 0.3) is 33.8 Å². The number of ether oxygens (including phenoxy) is 2. The van der Waals surface area contributed by atoms with Crippen LogP contribution in [0, 0.1) is 6.92 Å². The number of benzene rings is 2. The van der Waals surface area contributed by atoms with Crippen molar-refractivity contribution in [3.8, 4) is 17.0 Å². The molecule has 2 amide bonds. The molecule has 2 aliphatic heterocycles. The Bertz CT molecular complexity index is 1910. The minimum atomic E-state index is -0.0967. The molecule has 4 aromatic rings. The highest BCUT2D eigenvalue weighted by Crippen LogP contribution is 2.48. The van der Waals surface area contributed by atoms with Gasteiger partial charge in [-0.1, -0.05) is 53.0 Å². The van der Waals surface area contributed by atoms with E-state index in [2.05, 4.69) is 53.5 Å². The summed E-state index contributed by atoms with van der Waals surface area (Å²) in [6.07, 6.45) is 8.19. The number of aromatic nitrogens is 3. The number of hydrogen-bond acceptors (Lipinski definition) is 6. The highest BCUT2D eigenvalue weighted by Gasteiger charge is 2.33. The van der Waals surface area contributed by atoms with Crippen molar-refractivity contribution in [3.05, 3.63) is 70.0 Å². The molecule has 3 aliphatic rings. The summed E-state index contributed by atoms with van der Waals surface area (Å²) in [7, 11) is 3.62. The monoisotopic (exact) mass is 697 g/mol. The number of carbonyl (C=O) groups excluding carboxylic acids is 2. The first-order valence-electron chi connectivity index (χ1n) is 18.2. The standard InChI is InChI=1S/C38H45N5O4S.C2H6/c1-23(2)48-40-37(44)26-11-13-31-32(21-26)43-22-28(35-33(24(3)39-41(35)4)38(45)42-15-17-47-18-16-42)19-27-20-29(46-5)12-14-30(27)36(43)34(31)25-9-7-6-8-10-25;1-2/h11-14,19-21,23,25H,6-10,15-18,22H2,1-5H3,(H,40,44);1-2H3. The lowest BCUT2D eigenvalue weighted by molar-refractivity contribution is 0.0302. The molecule has 2 aromatic heterocycles. The molecule has 9 nitrogen and oxygen atoms in total. The van der Waals surface area contributed by atoms with Crippen LogP contribution in [0.1, 0.15) is 109 Å². The molecular weight excluding hydrogens is 647 g/mol. The molecule has 1 saturated heterocycles. The zero-order chi connectivity index (χ0) is 35.5. The van der Waals surface area contributed by atoms with Crippen molar-refractivity contribution in [2.24, 2.45) is 7.05 Å². The molecular formula is C40H51N5O4S. The smallest absolute Gasteiger partial charge is 0.261 e. The van der Waals surface area contributed by atoms with Crippen molar-refractivity contribution >= 4 is 46.3 Å². The third-order valence-corrected chi connectivity index (χ3v) is 10.8. The van der Waals surface area contributed by atoms with E-state index in [1.54, 1.807) is 7.11 Å². The number of nitrogens with zero attached hydrogens (tertiary/aromatic N) is 4. The van der Waals surface area contributed by atoms with Crippen LogP contribution in [0.4, 0.5) is 0 Å². The number of rotatable bonds is 7. The molecule has 4 heterocycles. The van der Waals surface area contributed by atoms with Gasteiger partial charge in [-0.15, -0.1) is 0 Å². The molecule has 10 heteroatoms. The minimum absolute atomic E-state index is 0.0167. The molecule has 0 radical (unpaired) electrons. The van der Waals surface area contributed by atoms with E-state index in [1.807, 2.05) is 49.5 Å². The van der Waals surface area contributed by atoms with E-state index in [0.29, 0.717) is 55.6 Å². The molecule has 1 saturated carbocycles. The van der Waals surface area contributed by atoms with Gasteiger partial charge in [0, 0.05) is 47.4 Å². The van der Waals surface area contributed by atoms with E-state index in [1.165, 1.54) is 47.9 Å².